The molecule has 0 radical (unpaired) electrons. The Balaban J connectivity index is 2.45. The molecule has 16 heavy (non-hydrogen) atoms. The molecule has 0 saturated heterocycles. The number of rotatable bonds is 5. The maximum atomic E-state index is 11.3. The summed E-state index contributed by atoms with van der Waals surface area (Å²) in [5.74, 6) is -0.466. The van der Waals surface area contributed by atoms with Crippen LogP contribution in [-0.2, 0) is 16.0 Å². The van der Waals surface area contributed by atoms with E-state index in [1.54, 1.807) is 12.3 Å². The van der Waals surface area contributed by atoms with Crippen molar-refractivity contribution in [3.05, 3.63) is 16.1 Å². The van der Waals surface area contributed by atoms with Gasteiger partial charge in [0.15, 0.2) is 5.69 Å². The SMILES string of the molecule is CCOC(=O)c1csc(CCNC(C)=O)n1. The zero-order valence-corrected chi connectivity index (χ0v) is 10.1. The number of esters is 1. The molecule has 0 unspecified atom stereocenters. The first-order chi connectivity index (χ1) is 7.63. The first-order valence-electron chi connectivity index (χ1n) is 4.99. The Morgan fingerprint density at radius 3 is 2.94 bits per heavy atom. The summed E-state index contributed by atoms with van der Waals surface area (Å²) in [5, 5.41) is 5.15. The van der Waals surface area contributed by atoms with Gasteiger partial charge in [-0.05, 0) is 6.92 Å². The Labute approximate surface area is 97.8 Å². The van der Waals surface area contributed by atoms with E-state index in [1.807, 2.05) is 0 Å². The number of nitrogens with zero attached hydrogens (tertiary/aromatic N) is 1. The zero-order chi connectivity index (χ0) is 12.0. The fourth-order valence-corrected chi connectivity index (χ4v) is 1.84. The van der Waals surface area contributed by atoms with Crippen LogP contribution in [0.25, 0.3) is 0 Å². The van der Waals surface area contributed by atoms with Crippen LogP contribution < -0.4 is 5.32 Å². The number of hydrogen-bond donors (Lipinski definition) is 1. The van der Waals surface area contributed by atoms with Crippen molar-refractivity contribution in [2.45, 2.75) is 20.3 Å². The highest BCUT2D eigenvalue weighted by atomic mass is 32.1. The summed E-state index contributed by atoms with van der Waals surface area (Å²) in [5.41, 5.74) is 0.338. The largest absolute Gasteiger partial charge is 0.461 e. The third-order valence-electron chi connectivity index (χ3n) is 1.75. The van der Waals surface area contributed by atoms with Gasteiger partial charge >= 0.3 is 5.97 Å². The molecule has 1 aromatic heterocycles. The quantitative estimate of drug-likeness (QED) is 0.782. The summed E-state index contributed by atoms with van der Waals surface area (Å²) in [4.78, 5) is 26.0. The number of thiazole rings is 1. The molecule has 5 nitrogen and oxygen atoms in total. The van der Waals surface area contributed by atoms with Crippen molar-refractivity contribution in [2.75, 3.05) is 13.2 Å². The predicted molar refractivity (Wildman–Crippen MR) is 60.5 cm³/mol. The molecule has 0 aliphatic carbocycles. The lowest BCUT2D eigenvalue weighted by atomic mass is 10.4. The van der Waals surface area contributed by atoms with Crippen LogP contribution in [0.5, 0.6) is 0 Å². The number of carbonyl (C=O) groups excluding carboxylic acids is 2. The van der Waals surface area contributed by atoms with Crippen LogP contribution in [-0.4, -0.2) is 30.0 Å². The van der Waals surface area contributed by atoms with Gasteiger partial charge in [-0.3, -0.25) is 4.79 Å². The van der Waals surface area contributed by atoms with Gasteiger partial charge in [-0.1, -0.05) is 0 Å². The summed E-state index contributed by atoms with van der Waals surface area (Å²) >= 11 is 1.39. The smallest absolute Gasteiger partial charge is 0.357 e. The average molecular weight is 242 g/mol. The van der Waals surface area contributed by atoms with Gasteiger partial charge in [-0.15, -0.1) is 11.3 Å². The Kier molecular flexibility index (Phi) is 4.91. The molecule has 88 valence electrons. The van der Waals surface area contributed by atoms with Gasteiger partial charge in [0, 0.05) is 25.3 Å². The summed E-state index contributed by atoms with van der Waals surface area (Å²) in [6, 6.07) is 0. The van der Waals surface area contributed by atoms with Crippen molar-refractivity contribution in [1.29, 1.82) is 0 Å². The monoisotopic (exact) mass is 242 g/mol. The van der Waals surface area contributed by atoms with E-state index >= 15 is 0 Å². The molecular formula is C10H14N2O3S. The molecule has 0 aromatic carbocycles. The molecular weight excluding hydrogens is 228 g/mol. The number of nitrogens with one attached hydrogen (secondary N) is 1. The van der Waals surface area contributed by atoms with Crippen molar-refractivity contribution in [3.8, 4) is 0 Å². The molecule has 0 aliphatic rings. The summed E-state index contributed by atoms with van der Waals surface area (Å²) in [7, 11) is 0. The summed E-state index contributed by atoms with van der Waals surface area (Å²) in [6.45, 7) is 4.09. The Bertz CT molecular complexity index is 376. The Morgan fingerprint density at radius 1 is 1.56 bits per heavy atom. The van der Waals surface area contributed by atoms with Gasteiger partial charge in [-0.25, -0.2) is 9.78 Å². The van der Waals surface area contributed by atoms with E-state index in [-0.39, 0.29) is 5.91 Å². The maximum Gasteiger partial charge on any atom is 0.357 e. The van der Waals surface area contributed by atoms with E-state index in [4.69, 9.17) is 4.74 Å². The minimum atomic E-state index is -0.399. The molecule has 0 bridgehead atoms. The molecule has 0 saturated carbocycles. The molecule has 6 heteroatoms. The molecule has 1 aromatic rings. The van der Waals surface area contributed by atoms with Gasteiger partial charge < -0.3 is 10.1 Å². The minimum Gasteiger partial charge on any atom is -0.461 e. The molecule has 1 heterocycles. The van der Waals surface area contributed by atoms with Gasteiger partial charge in [0.25, 0.3) is 0 Å². The number of carbonyl (C=O) groups is 2. The lowest BCUT2D eigenvalue weighted by Gasteiger charge is -1.98. The third-order valence-corrected chi connectivity index (χ3v) is 2.66. The number of ether oxygens (including phenoxy) is 1. The molecule has 0 spiro atoms. The zero-order valence-electron chi connectivity index (χ0n) is 9.28. The van der Waals surface area contributed by atoms with E-state index < -0.39 is 5.97 Å². The topological polar surface area (TPSA) is 68.3 Å². The van der Waals surface area contributed by atoms with Crippen molar-refractivity contribution in [2.24, 2.45) is 0 Å². The van der Waals surface area contributed by atoms with Crippen LogP contribution in [0.4, 0.5) is 0 Å². The lowest BCUT2D eigenvalue weighted by Crippen LogP contribution is -2.22. The molecule has 1 amide bonds. The molecule has 1 rings (SSSR count). The van der Waals surface area contributed by atoms with Gasteiger partial charge in [0.1, 0.15) is 0 Å². The Hall–Kier alpha value is -1.43. The molecule has 0 aliphatic heterocycles. The molecule has 1 N–H and O–H groups in total. The average Bonchev–Trinajstić information content (AvgIpc) is 2.66. The number of hydrogen-bond acceptors (Lipinski definition) is 5. The van der Waals surface area contributed by atoms with Crippen LogP contribution in [0.15, 0.2) is 5.38 Å². The highest BCUT2D eigenvalue weighted by molar-refractivity contribution is 7.09. The molecule has 0 fully saturated rings. The summed E-state index contributed by atoms with van der Waals surface area (Å²) < 4.78 is 4.82. The van der Waals surface area contributed by atoms with Crippen LogP contribution in [0.1, 0.15) is 29.3 Å². The third kappa shape index (κ3) is 3.98. The first-order valence-corrected chi connectivity index (χ1v) is 5.87. The van der Waals surface area contributed by atoms with E-state index in [9.17, 15) is 9.59 Å². The van der Waals surface area contributed by atoms with E-state index in [0.29, 0.717) is 25.3 Å². The van der Waals surface area contributed by atoms with Crippen molar-refractivity contribution in [3.63, 3.8) is 0 Å². The highest BCUT2D eigenvalue weighted by Crippen LogP contribution is 2.11. The normalized spacial score (nSPS) is 9.88. The Morgan fingerprint density at radius 2 is 2.31 bits per heavy atom. The second-order valence-electron chi connectivity index (χ2n) is 3.08. The van der Waals surface area contributed by atoms with Crippen molar-refractivity contribution in [1.82, 2.24) is 10.3 Å². The van der Waals surface area contributed by atoms with Gasteiger partial charge in [-0.2, -0.15) is 0 Å². The summed E-state index contributed by atoms with van der Waals surface area (Å²) in [6.07, 6.45) is 0.629. The second-order valence-corrected chi connectivity index (χ2v) is 4.02. The lowest BCUT2D eigenvalue weighted by molar-refractivity contribution is -0.118. The number of aromatic nitrogens is 1. The van der Waals surface area contributed by atoms with Gasteiger partial charge in [0.05, 0.1) is 11.6 Å². The minimum absolute atomic E-state index is 0.0674. The van der Waals surface area contributed by atoms with E-state index in [0.717, 1.165) is 5.01 Å². The number of amides is 1. The van der Waals surface area contributed by atoms with Crippen LogP contribution >= 0.6 is 11.3 Å². The van der Waals surface area contributed by atoms with Crippen molar-refractivity contribution < 1.29 is 14.3 Å². The van der Waals surface area contributed by atoms with E-state index in [2.05, 4.69) is 10.3 Å². The van der Waals surface area contributed by atoms with Crippen LogP contribution in [0, 0.1) is 0 Å². The van der Waals surface area contributed by atoms with E-state index in [1.165, 1.54) is 18.3 Å². The fraction of sp³-hybridized carbons (Fsp3) is 0.500. The standard InChI is InChI=1S/C10H14N2O3S/c1-3-15-10(14)8-6-16-9(12-8)4-5-11-7(2)13/h6H,3-5H2,1-2H3,(H,11,13). The first kappa shape index (κ1) is 12.6. The van der Waals surface area contributed by atoms with Crippen LogP contribution in [0.3, 0.4) is 0 Å². The van der Waals surface area contributed by atoms with Crippen molar-refractivity contribution >= 4 is 23.2 Å². The second kappa shape index (κ2) is 6.22. The predicted octanol–water partition coefficient (Wildman–Crippen LogP) is 0.998. The van der Waals surface area contributed by atoms with Crippen LogP contribution in [0.2, 0.25) is 0 Å². The van der Waals surface area contributed by atoms with Gasteiger partial charge in [0.2, 0.25) is 5.91 Å². The maximum absolute atomic E-state index is 11.3. The highest BCUT2D eigenvalue weighted by Gasteiger charge is 2.11. The molecule has 0 atom stereocenters. The fourth-order valence-electron chi connectivity index (χ4n) is 1.07.